The maximum absolute atomic E-state index is 9.85. The quantitative estimate of drug-likeness (QED) is 0.267. The van der Waals surface area contributed by atoms with Gasteiger partial charge in [-0.2, -0.15) is 0 Å². The van der Waals surface area contributed by atoms with E-state index in [0.29, 0.717) is 0 Å². The fourth-order valence-electron chi connectivity index (χ4n) is 2.45. The molecule has 0 aliphatic carbocycles. The summed E-state index contributed by atoms with van der Waals surface area (Å²) in [5.74, 6) is 0. The summed E-state index contributed by atoms with van der Waals surface area (Å²) in [6, 6.07) is 0. The van der Waals surface area contributed by atoms with Gasteiger partial charge in [-0.15, -0.1) is 0 Å². The molecule has 0 aromatic rings. The third-order valence-electron chi connectivity index (χ3n) is 3.87. The molecule has 21 heavy (non-hydrogen) atoms. The highest BCUT2D eigenvalue weighted by Gasteiger charge is 1.98. The molecule has 1 atom stereocenters. The van der Waals surface area contributed by atoms with E-state index in [4.69, 9.17) is 0 Å². The summed E-state index contributed by atoms with van der Waals surface area (Å²) >= 11 is 0. The fourth-order valence-corrected chi connectivity index (χ4v) is 2.45. The number of hydrogen-bond acceptors (Lipinski definition) is 1. The predicted molar refractivity (Wildman–Crippen MR) is 95.7 cm³/mol. The fraction of sp³-hybridized carbons (Fsp3) is 0.800. The van der Waals surface area contributed by atoms with Crippen LogP contribution >= 0.6 is 0 Å². The van der Waals surface area contributed by atoms with Gasteiger partial charge in [0.25, 0.3) is 0 Å². The molecule has 0 bridgehead atoms. The highest BCUT2D eigenvalue weighted by Crippen LogP contribution is 2.10. The summed E-state index contributed by atoms with van der Waals surface area (Å²) in [5.41, 5.74) is 0. The molecule has 124 valence electrons. The Morgan fingerprint density at radius 2 is 1.33 bits per heavy atom. The Hall–Kier alpha value is -0.560. The second-order valence-electron chi connectivity index (χ2n) is 6.11. The molecule has 1 N–H and O–H groups in total. The van der Waals surface area contributed by atoms with E-state index in [1.807, 2.05) is 6.08 Å². The molecule has 0 aliphatic heterocycles. The smallest absolute Gasteiger partial charge is 0.0721 e. The summed E-state index contributed by atoms with van der Waals surface area (Å²) in [6.45, 7) is 4.49. The minimum absolute atomic E-state index is 0.242. The number of rotatable bonds is 15. The first-order chi connectivity index (χ1) is 10.3. The predicted octanol–water partition coefficient (Wildman–Crippen LogP) is 6.57. The van der Waals surface area contributed by atoms with Gasteiger partial charge in [0.15, 0.2) is 0 Å². The molecule has 0 saturated heterocycles. The molecule has 0 spiro atoms. The topological polar surface area (TPSA) is 20.2 Å². The van der Waals surface area contributed by atoms with Crippen molar-refractivity contribution in [2.45, 2.75) is 103 Å². The van der Waals surface area contributed by atoms with Crippen molar-refractivity contribution in [3.63, 3.8) is 0 Å². The lowest BCUT2D eigenvalue weighted by Crippen LogP contribution is -2.01. The van der Waals surface area contributed by atoms with Crippen LogP contribution in [0.15, 0.2) is 24.3 Å². The Labute approximate surface area is 133 Å². The molecule has 0 rings (SSSR count). The van der Waals surface area contributed by atoms with Gasteiger partial charge >= 0.3 is 0 Å². The van der Waals surface area contributed by atoms with Gasteiger partial charge < -0.3 is 5.11 Å². The summed E-state index contributed by atoms with van der Waals surface area (Å²) in [5, 5.41) is 9.85. The summed E-state index contributed by atoms with van der Waals surface area (Å²) in [7, 11) is 0. The Kier molecular flexibility index (Phi) is 17.0. The van der Waals surface area contributed by atoms with E-state index in [0.717, 1.165) is 19.3 Å². The summed E-state index contributed by atoms with van der Waals surface area (Å²) < 4.78 is 0. The number of aliphatic hydroxyl groups excluding tert-OH is 1. The van der Waals surface area contributed by atoms with Crippen LogP contribution < -0.4 is 0 Å². The lowest BCUT2D eigenvalue weighted by molar-refractivity contribution is 0.207. The normalized spacial score (nSPS) is 13.5. The number of aliphatic hydroxyl groups is 1. The molecule has 0 fully saturated rings. The third kappa shape index (κ3) is 17.4. The van der Waals surface area contributed by atoms with Crippen molar-refractivity contribution in [2.75, 3.05) is 0 Å². The van der Waals surface area contributed by atoms with Crippen LogP contribution in [-0.2, 0) is 0 Å². The minimum Gasteiger partial charge on any atom is -0.389 e. The SMILES string of the molecule is CCCCCC=CCC=CC(O)CCCCCCCCC. The van der Waals surface area contributed by atoms with E-state index in [9.17, 15) is 5.11 Å². The van der Waals surface area contributed by atoms with Crippen molar-refractivity contribution in [3.05, 3.63) is 24.3 Å². The van der Waals surface area contributed by atoms with Crippen LogP contribution in [-0.4, -0.2) is 11.2 Å². The Morgan fingerprint density at radius 1 is 0.714 bits per heavy atom. The molecule has 0 aliphatic rings. The standard InChI is InChI=1S/C20H38O/c1-3-5-7-9-11-13-15-17-19-20(21)18-16-14-12-10-8-6-4-2/h11,13,17,19-21H,3-10,12,14-16,18H2,1-2H3. The van der Waals surface area contributed by atoms with Gasteiger partial charge in [0.05, 0.1) is 6.10 Å². The van der Waals surface area contributed by atoms with Gasteiger partial charge in [-0.05, 0) is 25.7 Å². The van der Waals surface area contributed by atoms with Crippen molar-refractivity contribution in [3.8, 4) is 0 Å². The van der Waals surface area contributed by atoms with E-state index in [1.165, 1.54) is 64.2 Å². The first-order valence-electron chi connectivity index (χ1n) is 9.31. The van der Waals surface area contributed by atoms with Crippen molar-refractivity contribution < 1.29 is 5.11 Å². The lowest BCUT2D eigenvalue weighted by atomic mass is 10.1. The highest BCUT2D eigenvalue weighted by atomic mass is 16.3. The van der Waals surface area contributed by atoms with Crippen LogP contribution in [0, 0.1) is 0 Å². The Balaban J connectivity index is 3.35. The molecular weight excluding hydrogens is 256 g/mol. The Morgan fingerprint density at radius 3 is 2.05 bits per heavy atom. The van der Waals surface area contributed by atoms with Crippen LogP contribution in [0.5, 0.6) is 0 Å². The van der Waals surface area contributed by atoms with Gasteiger partial charge in [-0.3, -0.25) is 0 Å². The zero-order chi connectivity index (χ0) is 15.6. The molecule has 0 aromatic heterocycles. The van der Waals surface area contributed by atoms with Crippen LogP contribution in [0.4, 0.5) is 0 Å². The molecule has 0 aromatic carbocycles. The minimum atomic E-state index is -0.242. The molecule has 1 nitrogen and oxygen atoms in total. The van der Waals surface area contributed by atoms with Crippen LogP contribution in [0.1, 0.15) is 97.3 Å². The maximum Gasteiger partial charge on any atom is 0.0721 e. The van der Waals surface area contributed by atoms with E-state index >= 15 is 0 Å². The second kappa shape index (κ2) is 17.5. The molecule has 1 heteroatoms. The summed E-state index contributed by atoms with van der Waals surface area (Å²) in [4.78, 5) is 0. The van der Waals surface area contributed by atoms with Crippen molar-refractivity contribution >= 4 is 0 Å². The Bertz CT molecular complexity index is 242. The van der Waals surface area contributed by atoms with Gasteiger partial charge in [0, 0.05) is 0 Å². The van der Waals surface area contributed by atoms with Gasteiger partial charge in [0.2, 0.25) is 0 Å². The zero-order valence-electron chi connectivity index (χ0n) is 14.5. The van der Waals surface area contributed by atoms with E-state index in [-0.39, 0.29) is 6.10 Å². The number of allylic oxidation sites excluding steroid dienone is 3. The summed E-state index contributed by atoms with van der Waals surface area (Å²) in [6.07, 6.45) is 24.5. The largest absolute Gasteiger partial charge is 0.389 e. The van der Waals surface area contributed by atoms with Gasteiger partial charge in [-0.25, -0.2) is 0 Å². The molecule has 0 amide bonds. The lowest BCUT2D eigenvalue weighted by Gasteiger charge is -2.05. The van der Waals surface area contributed by atoms with Crippen LogP contribution in [0.3, 0.4) is 0 Å². The van der Waals surface area contributed by atoms with E-state index in [2.05, 4.69) is 32.1 Å². The molecular formula is C20H38O. The van der Waals surface area contributed by atoms with Crippen molar-refractivity contribution in [1.82, 2.24) is 0 Å². The monoisotopic (exact) mass is 294 g/mol. The zero-order valence-corrected chi connectivity index (χ0v) is 14.5. The third-order valence-corrected chi connectivity index (χ3v) is 3.87. The van der Waals surface area contributed by atoms with Gasteiger partial charge in [-0.1, -0.05) is 95.9 Å². The van der Waals surface area contributed by atoms with Crippen LogP contribution in [0.2, 0.25) is 0 Å². The van der Waals surface area contributed by atoms with Crippen molar-refractivity contribution in [2.24, 2.45) is 0 Å². The van der Waals surface area contributed by atoms with Crippen molar-refractivity contribution in [1.29, 1.82) is 0 Å². The van der Waals surface area contributed by atoms with E-state index in [1.54, 1.807) is 0 Å². The maximum atomic E-state index is 9.85. The molecule has 1 unspecified atom stereocenters. The van der Waals surface area contributed by atoms with E-state index < -0.39 is 0 Å². The number of hydrogen-bond donors (Lipinski definition) is 1. The average molecular weight is 295 g/mol. The van der Waals surface area contributed by atoms with Crippen LogP contribution in [0.25, 0.3) is 0 Å². The molecule has 0 radical (unpaired) electrons. The average Bonchev–Trinajstić information content (AvgIpc) is 2.49. The molecule has 0 saturated carbocycles. The first-order valence-corrected chi connectivity index (χ1v) is 9.31. The van der Waals surface area contributed by atoms with Gasteiger partial charge in [0.1, 0.15) is 0 Å². The number of unbranched alkanes of at least 4 members (excludes halogenated alkanes) is 9. The highest BCUT2D eigenvalue weighted by molar-refractivity contribution is 4.95. The first kappa shape index (κ1) is 20.4. The second-order valence-corrected chi connectivity index (χ2v) is 6.11. The molecule has 0 heterocycles.